The molecule has 0 spiro atoms. The molecule has 0 saturated carbocycles. The average molecular weight is 319 g/mol. The van der Waals surface area contributed by atoms with Gasteiger partial charge < -0.3 is 5.32 Å². The molecular weight excluding hydrogens is 302 g/mol. The molecule has 1 heterocycles. The third-order valence-corrected chi connectivity index (χ3v) is 3.58. The Balaban J connectivity index is 1.68. The Labute approximate surface area is 132 Å². The molecule has 0 saturated heterocycles. The van der Waals surface area contributed by atoms with Crippen molar-refractivity contribution >= 4 is 35.2 Å². The van der Waals surface area contributed by atoms with E-state index in [2.05, 4.69) is 25.8 Å². The first-order chi connectivity index (χ1) is 10.5. The van der Waals surface area contributed by atoms with Gasteiger partial charge in [-0.2, -0.15) is 4.98 Å². The van der Waals surface area contributed by atoms with Gasteiger partial charge >= 0.3 is 0 Å². The van der Waals surface area contributed by atoms with Gasteiger partial charge in [0.1, 0.15) is 5.82 Å². The van der Waals surface area contributed by atoms with Crippen molar-refractivity contribution in [3.63, 3.8) is 0 Å². The Kier molecular flexibility index (Phi) is 5.54. The maximum Gasteiger partial charge on any atom is 0.248 e. The standard InChI is InChI=1S/C14H17N5O2S/c1-9-3-5-11(6-4-9)16-12(20)7-22-8-13(21)17-14-15-10(2)18-19-14/h3-6H,7-8H2,1-2H3,(H,16,20)(H2,15,17,18,19,21). The first-order valence-corrected chi connectivity index (χ1v) is 7.81. The minimum Gasteiger partial charge on any atom is -0.325 e. The summed E-state index contributed by atoms with van der Waals surface area (Å²) in [4.78, 5) is 27.4. The van der Waals surface area contributed by atoms with E-state index in [1.807, 2.05) is 31.2 Å². The minimum absolute atomic E-state index is 0.143. The van der Waals surface area contributed by atoms with Gasteiger partial charge in [0.15, 0.2) is 0 Å². The van der Waals surface area contributed by atoms with Gasteiger partial charge in [0.05, 0.1) is 11.5 Å². The van der Waals surface area contributed by atoms with Crippen LogP contribution in [0, 0.1) is 13.8 Å². The summed E-state index contributed by atoms with van der Waals surface area (Å²) in [6.07, 6.45) is 0. The molecule has 2 rings (SSSR count). The number of hydrogen-bond acceptors (Lipinski definition) is 5. The van der Waals surface area contributed by atoms with E-state index in [1.165, 1.54) is 11.8 Å². The number of nitrogens with one attached hydrogen (secondary N) is 3. The van der Waals surface area contributed by atoms with Crippen LogP contribution in [0.25, 0.3) is 0 Å². The van der Waals surface area contributed by atoms with E-state index in [1.54, 1.807) is 6.92 Å². The van der Waals surface area contributed by atoms with Gasteiger partial charge in [0, 0.05) is 5.69 Å². The molecule has 1 aromatic heterocycles. The van der Waals surface area contributed by atoms with E-state index in [0.29, 0.717) is 5.82 Å². The van der Waals surface area contributed by atoms with Gasteiger partial charge in [0.2, 0.25) is 17.8 Å². The molecule has 0 unspecified atom stereocenters. The van der Waals surface area contributed by atoms with E-state index in [4.69, 9.17) is 0 Å². The lowest BCUT2D eigenvalue weighted by atomic mass is 10.2. The highest BCUT2D eigenvalue weighted by molar-refractivity contribution is 8.00. The quantitative estimate of drug-likeness (QED) is 0.753. The van der Waals surface area contributed by atoms with Gasteiger partial charge in [-0.25, -0.2) is 0 Å². The molecule has 2 aromatic rings. The van der Waals surface area contributed by atoms with E-state index in [-0.39, 0.29) is 29.3 Å². The summed E-state index contributed by atoms with van der Waals surface area (Å²) in [5.74, 6) is 0.846. The van der Waals surface area contributed by atoms with E-state index in [9.17, 15) is 9.59 Å². The van der Waals surface area contributed by atoms with Crippen LogP contribution in [0.5, 0.6) is 0 Å². The SMILES string of the molecule is Cc1ccc(NC(=O)CSCC(=O)Nc2n[nH]c(C)n2)cc1. The van der Waals surface area contributed by atoms with Crippen LogP contribution in [0.4, 0.5) is 11.6 Å². The first kappa shape index (κ1) is 16.0. The maximum absolute atomic E-state index is 11.7. The Morgan fingerprint density at radius 2 is 1.73 bits per heavy atom. The summed E-state index contributed by atoms with van der Waals surface area (Å²) in [6, 6.07) is 7.54. The Bertz CT molecular complexity index is 654. The largest absolute Gasteiger partial charge is 0.325 e. The van der Waals surface area contributed by atoms with Crippen molar-refractivity contribution in [2.24, 2.45) is 0 Å². The van der Waals surface area contributed by atoms with Crippen molar-refractivity contribution in [3.8, 4) is 0 Å². The number of aromatic amines is 1. The van der Waals surface area contributed by atoms with Crippen molar-refractivity contribution in [1.82, 2.24) is 15.2 Å². The molecule has 0 bridgehead atoms. The Morgan fingerprint density at radius 3 is 2.32 bits per heavy atom. The van der Waals surface area contributed by atoms with Crippen LogP contribution >= 0.6 is 11.8 Å². The van der Waals surface area contributed by atoms with E-state index < -0.39 is 0 Å². The number of nitrogens with zero attached hydrogens (tertiary/aromatic N) is 2. The zero-order valence-corrected chi connectivity index (χ0v) is 13.2. The second-order valence-corrected chi connectivity index (χ2v) is 5.69. The number of carbonyl (C=O) groups is 2. The topological polar surface area (TPSA) is 99.8 Å². The molecule has 1 aromatic carbocycles. The average Bonchev–Trinajstić information content (AvgIpc) is 2.86. The second-order valence-electron chi connectivity index (χ2n) is 4.70. The van der Waals surface area contributed by atoms with Crippen LogP contribution in [-0.2, 0) is 9.59 Å². The van der Waals surface area contributed by atoms with Gasteiger partial charge in [0.25, 0.3) is 0 Å². The third-order valence-electron chi connectivity index (χ3n) is 2.65. The van der Waals surface area contributed by atoms with Crippen molar-refractivity contribution in [3.05, 3.63) is 35.7 Å². The highest BCUT2D eigenvalue weighted by Gasteiger charge is 2.08. The van der Waals surface area contributed by atoms with Gasteiger partial charge in [-0.05, 0) is 26.0 Å². The van der Waals surface area contributed by atoms with E-state index >= 15 is 0 Å². The van der Waals surface area contributed by atoms with Crippen LogP contribution in [0.2, 0.25) is 0 Å². The normalized spacial score (nSPS) is 10.3. The van der Waals surface area contributed by atoms with Gasteiger partial charge in [-0.3, -0.25) is 20.0 Å². The second kappa shape index (κ2) is 7.60. The van der Waals surface area contributed by atoms with Crippen LogP contribution in [-0.4, -0.2) is 38.5 Å². The summed E-state index contributed by atoms with van der Waals surface area (Å²) in [7, 11) is 0. The lowest BCUT2D eigenvalue weighted by Crippen LogP contribution is -2.19. The molecule has 2 amide bonds. The molecule has 22 heavy (non-hydrogen) atoms. The number of aromatic nitrogens is 3. The first-order valence-electron chi connectivity index (χ1n) is 6.66. The molecule has 8 heteroatoms. The highest BCUT2D eigenvalue weighted by Crippen LogP contribution is 2.10. The predicted molar refractivity (Wildman–Crippen MR) is 86.9 cm³/mol. The molecule has 0 aliphatic rings. The van der Waals surface area contributed by atoms with Crippen molar-refractivity contribution in [1.29, 1.82) is 0 Å². The number of hydrogen-bond donors (Lipinski definition) is 3. The number of anilines is 2. The summed E-state index contributed by atoms with van der Waals surface area (Å²) in [5.41, 5.74) is 1.88. The summed E-state index contributed by atoms with van der Waals surface area (Å²) < 4.78 is 0. The molecule has 7 nitrogen and oxygen atoms in total. The number of rotatable bonds is 6. The monoisotopic (exact) mass is 319 g/mol. The summed E-state index contributed by atoms with van der Waals surface area (Å²) >= 11 is 1.23. The molecule has 116 valence electrons. The fraction of sp³-hybridized carbons (Fsp3) is 0.286. The summed E-state index contributed by atoms with van der Waals surface area (Å²) in [5, 5.41) is 11.8. The molecule has 0 fully saturated rings. The number of thioether (sulfide) groups is 1. The zero-order chi connectivity index (χ0) is 15.9. The van der Waals surface area contributed by atoms with Gasteiger partial charge in [-0.1, -0.05) is 17.7 Å². The fourth-order valence-electron chi connectivity index (χ4n) is 1.63. The lowest BCUT2D eigenvalue weighted by molar-refractivity contribution is -0.114. The highest BCUT2D eigenvalue weighted by atomic mass is 32.2. The zero-order valence-electron chi connectivity index (χ0n) is 12.3. The van der Waals surface area contributed by atoms with Gasteiger partial charge in [-0.15, -0.1) is 16.9 Å². The smallest absolute Gasteiger partial charge is 0.248 e. The predicted octanol–water partition coefficient (Wildman–Crippen LogP) is 1.73. The molecular formula is C14H17N5O2S. The summed E-state index contributed by atoms with van der Waals surface area (Å²) in [6.45, 7) is 3.72. The maximum atomic E-state index is 11.7. The van der Waals surface area contributed by atoms with Crippen LogP contribution in [0.1, 0.15) is 11.4 Å². The molecule has 3 N–H and O–H groups in total. The van der Waals surface area contributed by atoms with Crippen molar-refractivity contribution in [2.45, 2.75) is 13.8 Å². The van der Waals surface area contributed by atoms with Crippen molar-refractivity contribution in [2.75, 3.05) is 22.1 Å². The van der Waals surface area contributed by atoms with Crippen LogP contribution < -0.4 is 10.6 Å². The van der Waals surface area contributed by atoms with Crippen LogP contribution in [0.3, 0.4) is 0 Å². The molecule has 0 radical (unpaired) electrons. The third kappa shape index (κ3) is 5.21. The lowest BCUT2D eigenvalue weighted by Gasteiger charge is -2.05. The Hall–Kier alpha value is -2.35. The number of H-pyrrole nitrogens is 1. The fourth-order valence-corrected chi connectivity index (χ4v) is 2.25. The number of benzene rings is 1. The van der Waals surface area contributed by atoms with Crippen molar-refractivity contribution < 1.29 is 9.59 Å². The number of amides is 2. The molecule has 0 aliphatic carbocycles. The van der Waals surface area contributed by atoms with E-state index in [0.717, 1.165) is 11.3 Å². The minimum atomic E-state index is -0.243. The molecule has 0 atom stereocenters. The van der Waals surface area contributed by atoms with Crippen LogP contribution in [0.15, 0.2) is 24.3 Å². The number of carbonyl (C=O) groups excluding carboxylic acids is 2. The molecule has 0 aliphatic heterocycles. The Morgan fingerprint density at radius 1 is 1.09 bits per heavy atom. The number of aryl methyl sites for hydroxylation is 2.